The highest BCUT2D eigenvalue weighted by molar-refractivity contribution is 6.74. The lowest BCUT2D eigenvalue weighted by atomic mass is 9.98. The van der Waals surface area contributed by atoms with Gasteiger partial charge in [-0.2, -0.15) is 5.10 Å². The van der Waals surface area contributed by atoms with E-state index in [-0.39, 0.29) is 29.0 Å². The molecule has 0 saturated heterocycles. The highest BCUT2D eigenvalue weighted by Gasteiger charge is 2.38. The standard InChI is InChI=1S/C35H42F2N4O3Si/c1-23(2)28-13-10-26(30(36)31(28)37)22-43-27-11-8-24(9-12-27)29-32(25-14-16-38-17-15-25)39-41-19-18-40(34(42)33(29)41)20-21-44-45(6,7)35(3,4)5/h8-17,23H,18-22H2,1-7H3. The molecule has 238 valence electrons. The number of hydrogen-bond acceptors (Lipinski definition) is 5. The van der Waals surface area contributed by atoms with Crippen molar-refractivity contribution in [2.24, 2.45) is 0 Å². The minimum absolute atomic E-state index is 0.0861. The molecular weight excluding hydrogens is 590 g/mol. The van der Waals surface area contributed by atoms with Crippen LogP contribution in [0, 0.1) is 11.6 Å². The smallest absolute Gasteiger partial charge is 0.272 e. The van der Waals surface area contributed by atoms with E-state index < -0.39 is 20.0 Å². The van der Waals surface area contributed by atoms with Gasteiger partial charge in [-0.1, -0.05) is 58.9 Å². The summed E-state index contributed by atoms with van der Waals surface area (Å²) in [6.45, 7) is 16.7. The van der Waals surface area contributed by atoms with E-state index in [4.69, 9.17) is 14.3 Å². The molecular formula is C35H42F2N4O3Si. The molecule has 0 atom stereocenters. The van der Waals surface area contributed by atoms with E-state index in [9.17, 15) is 13.6 Å². The van der Waals surface area contributed by atoms with Crippen LogP contribution in [0.3, 0.4) is 0 Å². The number of carbonyl (C=O) groups is 1. The minimum atomic E-state index is -1.95. The van der Waals surface area contributed by atoms with E-state index in [1.807, 2.05) is 43.0 Å². The summed E-state index contributed by atoms with van der Waals surface area (Å²) in [7, 11) is -1.95. The van der Waals surface area contributed by atoms with Crippen molar-refractivity contribution >= 4 is 14.2 Å². The van der Waals surface area contributed by atoms with Crippen molar-refractivity contribution < 1.29 is 22.7 Å². The number of benzene rings is 2. The van der Waals surface area contributed by atoms with E-state index in [1.165, 1.54) is 0 Å². The molecule has 0 bridgehead atoms. The van der Waals surface area contributed by atoms with Crippen LogP contribution in [0.15, 0.2) is 60.9 Å². The van der Waals surface area contributed by atoms with Crippen LogP contribution < -0.4 is 4.74 Å². The summed E-state index contributed by atoms with van der Waals surface area (Å²) < 4.78 is 43.2. The third-order valence-electron chi connectivity index (χ3n) is 8.96. The molecule has 1 aliphatic heterocycles. The van der Waals surface area contributed by atoms with Gasteiger partial charge in [-0.05, 0) is 59.4 Å². The van der Waals surface area contributed by atoms with E-state index in [0.717, 1.165) is 16.7 Å². The fourth-order valence-corrected chi connectivity index (χ4v) is 6.21. The van der Waals surface area contributed by atoms with Crippen LogP contribution >= 0.6 is 0 Å². The summed E-state index contributed by atoms with van der Waals surface area (Å²) in [4.78, 5) is 20.0. The Balaban J connectivity index is 1.40. The molecule has 7 nitrogen and oxygen atoms in total. The first-order valence-electron chi connectivity index (χ1n) is 15.4. The zero-order valence-electron chi connectivity index (χ0n) is 27.2. The van der Waals surface area contributed by atoms with Gasteiger partial charge >= 0.3 is 0 Å². The topological polar surface area (TPSA) is 69.5 Å². The number of hydrogen-bond donors (Lipinski definition) is 0. The highest BCUT2D eigenvalue weighted by atomic mass is 28.4. The van der Waals surface area contributed by atoms with E-state index in [0.29, 0.717) is 48.9 Å². The molecule has 0 unspecified atom stereocenters. The first-order chi connectivity index (χ1) is 21.3. The number of fused-ring (bicyclic) bond motifs is 1. The average Bonchev–Trinajstić information content (AvgIpc) is 3.39. The van der Waals surface area contributed by atoms with Gasteiger partial charge in [-0.3, -0.25) is 14.5 Å². The molecule has 5 rings (SSSR count). The van der Waals surface area contributed by atoms with Gasteiger partial charge in [-0.15, -0.1) is 0 Å². The second kappa shape index (κ2) is 12.8. The van der Waals surface area contributed by atoms with Gasteiger partial charge in [0.1, 0.15) is 23.7 Å². The van der Waals surface area contributed by atoms with Crippen LogP contribution in [0.4, 0.5) is 8.78 Å². The summed E-state index contributed by atoms with van der Waals surface area (Å²) in [5.41, 5.74) is 4.08. The molecule has 0 radical (unpaired) electrons. The molecule has 1 amide bonds. The van der Waals surface area contributed by atoms with Crippen LogP contribution in [0.1, 0.15) is 62.2 Å². The molecule has 0 aliphatic carbocycles. The van der Waals surface area contributed by atoms with Crippen LogP contribution in [0.5, 0.6) is 5.75 Å². The Bertz CT molecular complexity index is 1670. The first kappa shape index (κ1) is 32.5. The van der Waals surface area contributed by atoms with Gasteiger partial charge in [0.2, 0.25) is 0 Å². The Hall–Kier alpha value is -3.89. The monoisotopic (exact) mass is 632 g/mol. The Kier molecular flexibility index (Phi) is 9.28. The van der Waals surface area contributed by atoms with E-state index in [2.05, 4.69) is 38.8 Å². The minimum Gasteiger partial charge on any atom is -0.489 e. The zero-order valence-corrected chi connectivity index (χ0v) is 28.2. The van der Waals surface area contributed by atoms with Crippen molar-refractivity contribution in [1.29, 1.82) is 0 Å². The van der Waals surface area contributed by atoms with Crippen molar-refractivity contribution in [3.63, 3.8) is 0 Å². The summed E-state index contributed by atoms with van der Waals surface area (Å²) in [5.74, 6) is -1.44. The molecule has 2 aromatic heterocycles. The SMILES string of the molecule is CC(C)c1ccc(COc2ccc(-c3c(-c4ccncc4)nn4c3C(=O)N(CCO[Si](C)(C)C(C)(C)C)CC4)cc2)c(F)c1F. The quantitative estimate of drug-likeness (QED) is 0.165. The number of ether oxygens (including phenoxy) is 1. The number of carbonyl (C=O) groups excluding carboxylic acids is 1. The summed E-state index contributed by atoms with van der Waals surface area (Å²) in [5, 5.41) is 4.96. The molecule has 10 heteroatoms. The Labute approximate surface area is 265 Å². The number of rotatable bonds is 10. The predicted molar refractivity (Wildman–Crippen MR) is 175 cm³/mol. The first-order valence-corrected chi connectivity index (χ1v) is 18.3. The maximum atomic E-state index is 14.7. The Morgan fingerprint density at radius 2 is 1.62 bits per heavy atom. The molecule has 2 aromatic carbocycles. The predicted octanol–water partition coefficient (Wildman–Crippen LogP) is 8.07. The largest absolute Gasteiger partial charge is 0.489 e. The maximum absolute atomic E-state index is 14.7. The van der Waals surface area contributed by atoms with Crippen molar-refractivity contribution in [3.05, 3.63) is 89.4 Å². The number of halogens is 2. The lowest BCUT2D eigenvalue weighted by Crippen LogP contribution is -2.46. The summed E-state index contributed by atoms with van der Waals surface area (Å²) >= 11 is 0. The van der Waals surface area contributed by atoms with Crippen LogP contribution in [0.2, 0.25) is 18.1 Å². The Morgan fingerprint density at radius 1 is 0.933 bits per heavy atom. The van der Waals surface area contributed by atoms with E-state index >= 15 is 0 Å². The molecule has 0 saturated carbocycles. The number of aromatic nitrogens is 3. The molecule has 3 heterocycles. The third-order valence-corrected chi connectivity index (χ3v) is 13.5. The lowest BCUT2D eigenvalue weighted by Gasteiger charge is -2.37. The lowest BCUT2D eigenvalue weighted by molar-refractivity contribution is 0.0666. The van der Waals surface area contributed by atoms with Crippen LogP contribution in [-0.4, -0.2) is 53.6 Å². The third kappa shape index (κ3) is 6.72. The van der Waals surface area contributed by atoms with Crippen LogP contribution in [-0.2, 0) is 17.6 Å². The number of amides is 1. The van der Waals surface area contributed by atoms with Crippen LogP contribution in [0.25, 0.3) is 22.4 Å². The van der Waals surface area contributed by atoms with Gasteiger partial charge in [0.25, 0.3) is 5.91 Å². The van der Waals surface area contributed by atoms with Crippen molar-refractivity contribution in [1.82, 2.24) is 19.7 Å². The number of pyridine rings is 1. The summed E-state index contributed by atoms with van der Waals surface area (Å²) in [6, 6.07) is 14.2. The zero-order chi connectivity index (χ0) is 32.5. The van der Waals surface area contributed by atoms with E-state index in [1.54, 1.807) is 41.3 Å². The fourth-order valence-electron chi connectivity index (χ4n) is 5.17. The molecule has 0 N–H and O–H groups in total. The van der Waals surface area contributed by atoms with Gasteiger partial charge in [0, 0.05) is 42.2 Å². The van der Waals surface area contributed by atoms with Gasteiger partial charge in [0.05, 0.1) is 13.2 Å². The molecule has 45 heavy (non-hydrogen) atoms. The molecule has 0 spiro atoms. The Morgan fingerprint density at radius 3 is 2.27 bits per heavy atom. The van der Waals surface area contributed by atoms with Gasteiger partial charge in [-0.25, -0.2) is 8.78 Å². The molecule has 0 fully saturated rings. The normalized spacial score (nSPS) is 13.8. The second-order valence-corrected chi connectivity index (χ2v) is 18.2. The maximum Gasteiger partial charge on any atom is 0.272 e. The molecule has 1 aliphatic rings. The highest BCUT2D eigenvalue weighted by Crippen LogP contribution is 2.38. The van der Waals surface area contributed by atoms with Crippen molar-refractivity contribution in [2.45, 2.75) is 71.8 Å². The van der Waals surface area contributed by atoms with Gasteiger partial charge in [0.15, 0.2) is 20.0 Å². The van der Waals surface area contributed by atoms with Crippen molar-refractivity contribution in [3.8, 4) is 28.1 Å². The van der Waals surface area contributed by atoms with Crippen molar-refractivity contribution in [2.75, 3.05) is 19.7 Å². The fraction of sp³-hybridized carbons (Fsp3) is 0.400. The number of nitrogens with zero attached hydrogens (tertiary/aromatic N) is 4. The second-order valence-electron chi connectivity index (χ2n) is 13.3. The molecule has 4 aromatic rings. The average molecular weight is 633 g/mol. The van der Waals surface area contributed by atoms with Gasteiger partial charge < -0.3 is 14.1 Å². The summed E-state index contributed by atoms with van der Waals surface area (Å²) in [6.07, 6.45) is 3.41.